The Morgan fingerprint density at radius 3 is 2.22 bits per heavy atom. The molecule has 1 aromatic rings. The molecule has 0 aromatic heterocycles. The minimum atomic E-state index is 0.373. The summed E-state index contributed by atoms with van der Waals surface area (Å²) in [6, 6.07) is 7.40. The van der Waals surface area contributed by atoms with E-state index in [-0.39, 0.29) is 0 Å². The Hall–Kier alpha value is -1.26. The minimum Gasteiger partial charge on any atom is -0.380 e. The van der Waals surface area contributed by atoms with Crippen LogP contribution in [0.2, 0.25) is 0 Å². The second kappa shape index (κ2) is 9.54. The maximum absolute atomic E-state index is 5.66. The molecule has 3 aliphatic rings. The second-order valence-electron chi connectivity index (χ2n) is 12.3. The molecular formula is C28H47N3O. The molecule has 2 heterocycles. The number of hydrogen-bond donors (Lipinski definition) is 0. The maximum Gasteiger partial charge on any atom is 0.0762 e. The lowest BCUT2D eigenvalue weighted by Crippen LogP contribution is -2.47. The number of nitrogens with zero attached hydrogens (tertiary/aromatic N) is 3. The summed E-state index contributed by atoms with van der Waals surface area (Å²) in [7, 11) is 1.85. The van der Waals surface area contributed by atoms with Gasteiger partial charge in [0.1, 0.15) is 0 Å². The van der Waals surface area contributed by atoms with Crippen molar-refractivity contribution < 1.29 is 4.74 Å². The summed E-state index contributed by atoms with van der Waals surface area (Å²) in [5.74, 6) is 0.637. The number of methoxy groups -OCH3 is 1. The Bertz CT molecular complexity index is 750. The zero-order valence-corrected chi connectivity index (χ0v) is 21.6. The highest BCUT2D eigenvalue weighted by Gasteiger charge is 2.40. The molecule has 180 valence electrons. The molecular weight excluding hydrogens is 394 g/mol. The van der Waals surface area contributed by atoms with Gasteiger partial charge in [-0.1, -0.05) is 34.6 Å². The first-order chi connectivity index (χ1) is 15.2. The first kappa shape index (κ1) is 23.9. The largest absolute Gasteiger partial charge is 0.380 e. The molecule has 3 fully saturated rings. The van der Waals surface area contributed by atoms with E-state index in [4.69, 9.17) is 4.74 Å². The van der Waals surface area contributed by atoms with Crippen molar-refractivity contribution in [1.29, 1.82) is 0 Å². The zero-order chi connectivity index (χ0) is 22.9. The van der Waals surface area contributed by atoms with Gasteiger partial charge < -0.3 is 14.5 Å². The molecule has 4 heteroatoms. The molecule has 0 N–H and O–H groups in total. The molecule has 0 bridgehead atoms. The molecule has 0 radical (unpaired) electrons. The lowest BCUT2D eigenvalue weighted by Gasteiger charge is -2.46. The van der Waals surface area contributed by atoms with E-state index in [1.165, 1.54) is 56.7 Å². The van der Waals surface area contributed by atoms with E-state index in [2.05, 4.69) is 67.5 Å². The first-order valence-corrected chi connectivity index (χ1v) is 13.1. The third-order valence-corrected chi connectivity index (χ3v) is 8.10. The number of ether oxygens (including phenoxy) is 1. The summed E-state index contributed by atoms with van der Waals surface area (Å²) in [6.07, 6.45) is 6.67. The minimum absolute atomic E-state index is 0.373. The average Bonchev–Trinajstić information content (AvgIpc) is 3.21. The van der Waals surface area contributed by atoms with E-state index in [0.29, 0.717) is 22.9 Å². The number of benzene rings is 1. The van der Waals surface area contributed by atoms with Crippen molar-refractivity contribution in [3.8, 4) is 0 Å². The lowest BCUT2D eigenvalue weighted by atomic mass is 9.60. The number of rotatable bonds is 6. The van der Waals surface area contributed by atoms with Crippen molar-refractivity contribution in [1.82, 2.24) is 4.90 Å². The van der Waals surface area contributed by atoms with Crippen LogP contribution in [0.25, 0.3) is 0 Å². The smallest absolute Gasteiger partial charge is 0.0762 e. The van der Waals surface area contributed by atoms with Crippen molar-refractivity contribution >= 4 is 11.4 Å². The summed E-state index contributed by atoms with van der Waals surface area (Å²) < 4.78 is 5.66. The normalized spacial score (nSPS) is 26.6. The Morgan fingerprint density at radius 1 is 0.938 bits per heavy atom. The van der Waals surface area contributed by atoms with Gasteiger partial charge in [0.2, 0.25) is 0 Å². The van der Waals surface area contributed by atoms with Gasteiger partial charge in [0.25, 0.3) is 0 Å². The van der Waals surface area contributed by atoms with Crippen LogP contribution in [0.5, 0.6) is 0 Å². The molecule has 2 saturated heterocycles. The van der Waals surface area contributed by atoms with Crippen molar-refractivity contribution in [2.75, 3.05) is 62.7 Å². The van der Waals surface area contributed by atoms with Crippen molar-refractivity contribution in [2.45, 2.75) is 78.7 Å². The highest BCUT2D eigenvalue weighted by Crippen LogP contribution is 2.53. The van der Waals surface area contributed by atoms with E-state index in [9.17, 15) is 0 Å². The van der Waals surface area contributed by atoms with E-state index < -0.39 is 0 Å². The van der Waals surface area contributed by atoms with Crippen molar-refractivity contribution in [2.24, 2.45) is 10.8 Å². The Kier molecular flexibility index (Phi) is 7.12. The van der Waals surface area contributed by atoms with Crippen LogP contribution in [0.4, 0.5) is 11.4 Å². The maximum atomic E-state index is 5.66. The van der Waals surface area contributed by atoms with E-state index in [1.54, 1.807) is 5.56 Å². The van der Waals surface area contributed by atoms with Gasteiger partial charge in [0, 0.05) is 57.8 Å². The Labute approximate surface area is 197 Å². The zero-order valence-electron chi connectivity index (χ0n) is 21.6. The molecule has 4 rings (SSSR count). The molecule has 1 saturated carbocycles. The molecule has 32 heavy (non-hydrogen) atoms. The third kappa shape index (κ3) is 5.44. The quantitative estimate of drug-likeness (QED) is 0.558. The molecule has 0 spiro atoms. The summed E-state index contributed by atoms with van der Waals surface area (Å²) in [4.78, 5) is 7.86. The molecule has 4 nitrogen and oxygen atoms in total. The van der Waals surface area contributed by atoms with Crippen LogP contribution < -0.4 is 9.80 Å². The average molecular weight is 442 g/mol. The molecule has 1 aliphatic carbocycles. The van der Waals surface area contributed by atoms with E-state index in [0.717, 1.165) is 32.6 Å². The predicted molar refractivity (Wildman–Crippen MR) is 137 cm³/mol. The van der Waals surface area contributed by atoms with Gasteiger partial charge in [-0.15, -0.1) is 0 Å². The monoisotopic (exact) mass is 441 g/mol. The Morgan fingerprint density at radius 2 is 1.62 bits per heavy atom. The van der Waals surface area contributed by atoms with Crippen LogP contribution in [-0.2, 0) is 4.74 Å². The van der Waals surface area contributed by atoms with E-state index >= 15 is 0 Å². The van der Waals surface area contributed by atoms with Gasteiger partial charge >= 0.3 is 0 Å². The van der Waals surface area contributed by atoms with Gasteiger partial charge in [-0.25, -0.2) is 0 Å². The van der Waals surface area contributed by atoms with Crippen LogP contribution in [0.1, 0.15) is 78.2 Å². The highest BCUT2D eigenvalue weighted by atomic mass is 16.5. The summed E-state index contributed by atoms with van der Waals surface area (Å²) in [6.45, 7) is 20.3. The Balaban J connectivity index is 1.64. The topological polar surface area (TPSA) is 19.0 Å². The van der Waals surface area contributed by atoms with Crippen LogP contribution >= 0.6 is 0 Å². The van der Waals surface area contributed by atoms with Gasteiger partial charge in [0.15, 0.2) is 0 Å². The molecule has 1 aromatic carbocycles. The van der Waals surface area contributed by atoms with Gasteiger partial charge in [-0.3, -0.25) is 4.90 Å². The van der Waals surface area contributed by atoms with Gasteiger partial charge in [-0.05, 0) is 79.2 Å². The predicted octanol–water partition coefficient (Wildman–Crippen LogP) is 5.76. The van der Waals surface area contributed by atoms with Gasteiger partial charge in [0.05, 0.1) is 6.10 Å². The SMILES string of the molecule is CCCN1CCN(c2ccc(N3CC[C@@H](OC)C3)cc2C2CC(C)(C)CC(C)(C)C2)CC1. The second-order valence-corrected chi connectivity index (χ2v) is 12.3. The summed E-state index contributed by atoms with van der Waals surface area (Å²) in [5.41, 5.74) is 5.30. The highest BCUT2D eigenvalue weighted by molar-refractivity contribution is 5.64. The van der Waals surface area contributed by atoms with Crippen molar-refractivity contribution in [3.63, 3.8) is 0 Å². The summed E-state index contributed by atoms with van der Waals surface area (Å²) >= 11 is 0. The van der Waals surface area contributed by atoms with Crippen LogP contribution in [-0.4, -0.2) is 63.9 Å². The standard InChI is InChI=1S/C28H47N3O/c1-7-11-29-13-15-30(16-14-29)26-9-8-23(31-12-10-24(20-31)32-6)17-25(26)22-18-27(2,3)21-28(4,5)19-22/h8-9,17,22,24H,7,10-16,18-21H2,1-6H3/t24-/m1/s1. The molecule has 0 amide bonds. The first-order valence-electron chi connectivity index (χ1n) is 13.1. The fourth-order valence-electron chi connectivity index (χ4n) is 7.10. The molecule has 0 unspecified atom stereocenters. The van der Waals surface area contributed by atoms with Crippen LogP contribution in [0, 0.1) is 10.8 Å². The summed E-state index contributed by atoms with van der Waals surface area (Å²) in [5, 5.41) is 0. The van der Waals surface area contributed by atoms with E-state index in [1.807, 2.05) is 7.11 Å². The number of piperazine rings is 1. The van der Waals surface area contributed by atoms with Crippen LogP contribution in [0.15, 0.2) is 18.2 Å². The van der Waals surface area contributed by atoms with Crippen molar-refractivity contribution in [3.05, 3.63) is 23.8 Å². The van der Waals surface area contributed by atoms with Gasteiger partial charge in [-0.2, -0.15) is 0 Å². The van der Waals surface area contributed by atoms with Crippen LogP contribution in [0.3, 0.4) is 0 Å². The fraction of sp³-hybridized carbons (Fsp3) is 0.786. The fourth-order valence-corrected chi connectivity index (χ4v) is 7.10. The number of hydrogen-bond acceptors (Lipinski definition) is 4. The molecule has 1 atom stereocenters. The third-order valence-electron chi connectivity index (χ3n) is 8.10. The number of anilines is 2. The molecule has 2 aliphatic heterocycles. The lowest BCUT2D eigenvalue weighted by molar-refractivity contribution is 0.0970.